The SMILES string of the molecule is COc1ncc(C2CCCC2N)cn1. The van der Waals surface area contributed by atoms with E-state index in [-0.39, 0.29) is 6.04 Å². The van der Waals surface area contributed by atoms with Gasteiger partial charge in [-0.2, -0.15) is 0 Å². The molecule has 14 heavy (non-hydrogen) atoms. The van der Waals surface area contributed by atoms with Crippen LogP contribution in [0.2, 0.25) is 0 Å². The number of nitrogens with zero attached hydrogens (tertiary/aromatic N) is 2. The number of methoxy groups -OCH3 is 1. The smallest absolute Gasteiger partial charge is 0.316 e. The molecule has 0 saturated heterocycles. The molecule has 1 aromatic heterocycles. The van der Waals surface area contributed by atoms with Gasteiger partial charge in [0, 0.05) is 24.4 Å². The van der Waals surface area contributed by atoms with E-state index >= 15 is 0 Å². The van der Waals surface area contributed by atoms with Crippen molar-refractivity contribution in [3.05, 3.63) is 18.0 Å². The number of aromatic nitrogens is 2. The fraction of sp³-hybridized carbons (Fsp3) is 0.600. The van der Waals surface area contributed by atoms with E-state index in [1.807, 2.05) is 12.4 Å². The summed E-state index contributed by atoms with van der Waals surface area (Å²) in [7, 11) is 1.57. The Balaban J connectivity index is 2.16. The molecule has 1 fully saturated rings. The lowest BCUT2D eigenvalue weighted by molar-refractivity contribution is 0.378. The molecule has 4 nitrogen and oxygen atoms in total. The minimum Gasteiger partial charge on any atom is -0.467 e. The van der Waals surface area contributed by atoms with Gasteiger partial charge in [0.05, 0.1) is 7.11 Å². The highest BCUT2D eigenvalue weighted by Gasteiger charge is 2.25. The lowest BCUT2D eigenvalue weighted by Gasteiger charge is -2.14. The molecule has 0 radical (unpaired) electrons. The third-order valence-corrected chi connectivity index (χ3v) is 2.83. The average molecular weight is 193 g/mol. The van der Waals surface area contributed by atoms with Gasteiger partial charge in [-0.1, -0.05) is 6.42 Å². The first kappa shape index (κ1) is 9.40. The van der Waals surface area contributed by atoms with Crippen molar-refractivity contribution in [1.82, 2.24) is 9.97 Å². The van der Waals surface area contributed by atoms with Crippen LogP contribution in [0.3, 0.4) is 0 Å². The maximum Gasteiger partial charge on any atom is 0.316 e. The van der Waals surface area contributed by atoms with E-state index in [9.17, 15) is 0 Å². The molecule has 0 amide bonds. The van der Waals surface area contributed by atoms with E-state index in [4.69, 9.17) is 10.5 Å². The molecule has 76 valence electrons. The maximum absolute atomic E-state index is 5.99. The zero-order valence-electron chi connectivity index (χ0n) is 8.31. The number of nitrogens with two attached hydrogens (primary N) is 1. The van der Waals surface area contributed by atoms with E-state index in [0.29, 0.717) is 11.9 Å². The molecule has 0 aromatic carbocycles. The van der Waals surface area contributed by atoms with Crippen molar-refractivity contribution in [3.8, 4) is 6.01 Å². The molecular formula is C10H15N3O. The van der Waals surface area contributed by atoms with Crippen molar-refractivity contribution in [2.24, 2.45) is 5.73 Å². The molecule has 0 bridgehead atoms. The van der Waals surface area contributed by atoms with Crippen LogP contribution in [0.5, 0.6) is 6.01 Å². The van der Waals surface area contributed by atoms with Gasteiger partial charge in [0.15, 0.2) is 0 Å². The minimum atomic E-state index is 0.270. The van der Waals surface area contributed by atoms with Crippen molar-refractivity contribution in [3.63, 3.8) is 0 Å². The Morgan fingerprint density at radius 3 is 2.57 bits per heavy atom. The average Bonchev–Trinajstić information content (AvgIpc) is 2.65. The normalized spacial score (nSPS) is 26.4. The molecule has 2 atom stereocenters. The topological polar surface area (TPSA) is 61.0 Å². The Hall–Kier alpha value is -1.16. The predicted octanol–water partition coefficient (Wildman–Crippen LogP) is 1.08. The van der Waals surface area contributed by atoms with Gasteiger partial charge in [-0.15, -0.1) is 0 Å². The second-order valence-corrected chi connectivity index (χ2v) is 3.70. The minimum absolute atomic E-state index is 0.270. The fourth-order valence-electron chi connectivity index (χ4n) is 2.03. The standard InChI is InChI=1S/C10H15N3O/c1-14-10-12-5-7(6-13-10)8-3-2-4-9(8)11/h5-6,8-9H,2-4,11H2,1H3. The first-order valence-corrected chi connectivity index (χ1v) is 4.93. The zero-order valence-corrected chi connectivity index (χ0v) is 8.31. The highest BCUT2D eigenvalue weighted by molar-refractivity contribution is 5.17. The van der Waals surface area contributed by atoms with Crippen LogP contribution < -0.4 is 10.5 Å². The second kappa shape index (κ2) is 3.92. The highest BCUT2D eigenvalue weighted by Crippen LogP contribution is 2.32. The lowest BCUT2D eigenvalue weighted by Crippen LogP contribution is -2.22. The molecule has 1 aromatic rings. The number of hydrogen-bond acceptors (Lipinski definition) is 4. The number of ether oxygens (including phenoxy) is 1. The molecule has 0 aliphatic heterocycles. The summed E-state index contributed by atoms with van der Waals surface area (Å²) in [5.41, 5.74) is 7.13. The Morgan fingerprint density at radius 2 is 2.07 bits per heavy atom. The van der Waals surface area contributed by atoms with Crippen molar-refractivity contribution >= 4 is 0 Å². The van der Waals surface area contributed by atoms with Gasteiger partial charge in [-0.25, -0.2) is 9.97 Å². The third-order valence-electron chi connectivity index (χ3n) is 2.83. The van der Waals surface area contributed by atoms with Crippen LogP contribution in [0.25, 0.3) is 0 Å². The molecule has 1 saturated carbocycles. The molecule has 1 aliphatic carbocycles. The van der Waals surface area contributed by atoms with Crippen LogP contribution in [0.1, 0.15) is 30.7 Å². The number of hydrogen-bond donors (Lipinski definition) is 1. The first-order chi connectivity index (χ1) is 6.81. The van der Waals surface area contributed by atoms with E-state index in [0.717, 1.165) is 18.4 Å². The maximum atomic E-state index is 5.99. The van der Waals surface area contributed by atoms with E-state index in [1.165, 1.54) is 6.42 Å². The van der Waals surface area contributed by atoms with Crippen LogP contribution in [0.4, 0.5) is 0 Å². The van der Waals surface area contributed by atoms with Crippen LogP contribution in [-0.2, 0) is 0 Å². The summed E-state index contributed by atoms with van der Waals surface area (Å²) in [6, 6.07) is 0.687. The molecule has 2 unspecified atom stereocenters. The summed E-state index contributed by atoms with van der Waals surface area (Å²) in [6.07, 6.45) is 7.11. The van der Waals surface area contributed by atoms with Gasteiger partial charge in [0.25, 0.3) is 0 Å². The predicted molar refractivity (Wildman–Crippen MR) is 53.2 cm³/mol. The zero-order chi connectivity index (χ0) is 9.97. The molecule has 2 N–H and O–H groups in total. The van der Waals surface area contributed by atoms with E-state index in [2.05, 4.69) is 9.97 Å². The van der Waals surface area contributed by atoms with Crippen LogP contribution in [0, 0.1) is 0 Å². The van der Waals surface area contributed by atoms with Crippen LogP contribution in [-0.4, -0.2) is 23.1 Å². The third kappa shape index (κ3) is 1.70. The first-order valence-electron chi connectivity index (χ1n) is 4.93. The second-order valence-electron chi connectivity index (χ2n) is 3.70. The number of rotatable bonds is 2. The summed E-state index contributed by atoms with van der Waals surface area (Å²) >= 11 is 0. The van der Waals surface area contributed by atoms with Crippen molar-refractivity contribution in [2.45, 2.75) is 31.2 Å². The van der Waals surface area contributed by atoms with Gasteiger partial charge < -0.3 is 10.5 Å². The van der Waals surface area contributed by atoms with Gasteiger partial charge in [0.1, 0.15) is 0 Å². The Bertz CT molecular complexity index is 299. The molecule has 4 heteroatoms. The Morgan fingerprint density at radius 1 is 1.36 bits per heavy atom. The van der Waals surface area contributed by atoms with Crippen molar-refractivity contribution in [2.75, 3.05) is 7.11 Å². The molecule has 0 spiro atoms. The van der Waals surface area contributed by atoms with Crippen molar-refractivity contribution < 1.29 is 4.74 Å². The summed E-state index contributed by atoms with van der Waals surface area (Å²) in [5.74, 6) is 0.431. The molecule has 1 aliphatic rings. The van der Waals surface area contributed by atoms with E-state index < -0.39 is 0 Å². The van der Waals surface area contributed by atoms with Crippen molar-refractivity contribution in [1.29, 1.82) is 0 Å². The van der Waals surface area contributed by atoms with Gasteiger partial charge in [-0.05, 0) is 18.4 Å². The largest absolute Gasteiger partial charge is 0.467 e. The summed E-state index contributed by atoms with van der Waals surface area (Å²) < 4.78 is 4.91. The van der Waals surface area contributed by atoms with Gasteiger partial charge >= 0.3 is 6.01 Å². The van der Waals surface area contributed by atoms with Gasteiger partial charge in [-0.3, -0.25) is 0 Å². The van der Waals surface area contributed by atoms with Crippen LogP contribution in [0.15, 0.2) is 12.4 Å². The lowest BCUT2D eigenvalue weighted by atomic mass is 9.97. The molecule has 2 rings (SSSR count). The highest BCUT2D eigenvalue weighted by atomic mass is 16.5. The summed E-state index contributed by atoms with van der Waals surface area (Å²) in [4.78, 5) is 8.17. The van der Waals surface area contributed by atoms with E-state index in [1.54, 1.807) is 7.11 Å². The quantitative estimate of drug-likeness (QED) is 0.763. The Labute approximate surface area is 83.5 Å². The molecular weight excluding hydrogens is 178 g/mol. The Kier molecular flexibility index (Phi) is 2.63. The monoisotopic (exact) mass is 193 g/mol. The van der Waals surface area contributed by atoms with Crippen LogP contribution >= 0.6 is 0 Å². The summed E-state index contributed by atoms with van der Waals surface area (Å²) in [6.45, 7) is 0. The molecule has 1 heterocycles. The fourth-order valence-corrected chi connectivity index (χ4v) is 2.03. The van der Waals surface area contributed by atoms with Gasteiger partial charge in [0.2, 0.25) is 0 Å². The summed E-state index contributed by atoms with van der Waals surface area (Å²) in [5, 5.41) is 0.